The van der Waals surface area contributed by atoms with Crippen molar-refractivity contribution >= 4 is 5.78 Å². The van der Waals surface area contributed by atoms with Gasteiger partial charge in [0.25, 0.3) is 0 Å². The van der Waals surface area contributed by atoms with Gasteiger partial charge in [0.2, 0.25) is 0 Å². The summed E-state index contributed by atoms with van der Waals surface area (Å²) in [5.74, 6) is -0.869. The summed E-state index contributed by atoms with van der Waals surface area (Å²) in [6.45, 7) is 1.61. The summed E-state index contributed by atoms with van der Waals surface area (Å²) in [4.78, 5) is 11.6. The molecule has 1 aliphatic rings. The summed E-state index contributed by atoms with van der Waals surface area (Å²) in [6.07, 6.45) is -11.8. The fraction of sp³-hybridized carbons (Fsp3) is 0.800. The van der Waals surface area contributed by atoms with Crippen LogP contribution < -0.4 is 0 Å². The number of hydrogen-bond acceptors (Lipinski definition) is 11. The lowest BCUT2D eigenvalue weighted by Crippen LogP contribution is -2.59. The predicted octanol–water partition coefficient (Wildman–Crippen LogP) is -4.34. The minimum atomic E-state index is -1.94. The number of carbonyl (C=O) groups excluding carboxylic acids is 1. The number of aliphatic hydroxyl groups excluding tert-OH is 7. The maximum Gasteiger partial charge on any atom is 0.189 e. The molecule has 0 amide bonds. The van der Waals surface area contributed by atoms with Gasteiger partial charge in [-0.25, -0.2) is 0 Å². The van der Waals surface area contributed by atoms with E-state index >= 15 is 0 Å². The van der Waals surface area contributed by atoms with Crippen LogP contribution in [0.4, 0.5) is 0 Å². The van der Waals surface area contributed by atoms with Crippen LogP contribution in [0.2, 0.25) is 0 Å². The van der Waals surface area contributed by atoms with Crippen LogP contribution >= 0.6 is 0 Å². The maximum atomic E-state index is 11.6. The van der Waals surface area contributed by atoms with Crippen molar-refractivity contribution in [1.82, 2.24) is 0 Å². The third-order valence-electron chi connectivity index (χ3n) is 3.81. The van der Waals surface area contributed by atoms with Crippen molar-refractivity contribution in [3.8, 4) is 0 Å². The Hall–Kier alpha value is -0.990. The molecule has 11 heteroatoms. The van der Waals surface area contributed by atoms with Gasteiger partial charge < -0.3 is 50.0 Å². The molecule has 1 saturated heterocycles. The first-order valence-electron chi connectivity index (χ1n) is 7.92. The molecular weight excluding hydrogens is 356 g/mol. The Morgan fingerprint density at radius 3 is 2.38 bits per heavy atom. The van der Waals surface area contributed by atoms with E-state index < -0.39 is 74.6 Å². The van der Waals surface area contributed by atoms with E-state index in [1.54, 1.807) is 0 Å². The fourth-order valence-electron chi connectivity index (χ4n) is 2.23. The largest absolute Gasteiger partial charge is 0.394 e. The van der Waals surface area contributed by atoms with E-state index in [-0.39, 0.29) is 6.61 Å². The highest BCUT2D eigenvalue weighted by atomic mass is 16.7. The van der Waals surface area contributed by atoms with Crippen molar-refractivity contribution in [1.29, 1.82) is 0 Å². The number of aliphatic hydroxyl groups is 7. The Bertz CT molecular complexity index is 443. The van der Waals surface area contributed by atoms with Crippen molar-refractivity contribution in [2.75, 3.05) is 26.4 Å². The summed E-state index contributed by atoms with van der Waals surface area (Å²) in [6, 6.07) is 0. The van der Waals surface area contributed by atoms with Gasteiger partial charge in [-0.3, -0.25) is 4.79 Å². The molecule has 0 unspecified atom stereocenters. The Kier molecular flexibility index (Phi) is 9.74. The van der Waals surface area contributed by atoms with E-state index in [1.165, 1.54) is 6.08 Å². The lowest BCUT2D eigenvalue weighted by Gasteiger charge is -2.40. The number of ether oxygens (including phenoxy) is 3. The topological polar surface area (TPSA) is 186 Å². The Morgan fingerprint density at radius 2 is 1.81 bits per heavy atom. The fourth-order valence-corrected chi connectivity index (χ4v) is 2.23. The van der Waals surface area contributed by atoms with E-state index in [1.807, 2.05) is 0 Å². The normalized spacial score (nSPS) is 32.7. The number of Topliss-reactive ketones (excluding diaryl/α,β-unsaturated/α-hetero) is 1. The van der Waals surface area contributed by atoms with Gasteiger partial charge in [-0.15, -0.1) is 6.58 Å². The van der Waals surface area contributed by atoms with Crippen LogP contribution in [0.25, 0.3) is 0 Å². The van der Waals surface area contributed by atoms with Crippen LogP contribution in [0.15, 0.2) is 12.7 Å². The van der Waals surface area contributed by atoms with Gasteiger partial charge in [0.1, 0.15) is 49.3 Å². The van der Waals surface area contributed by atoms with Gasteiger partial charge >= 0.3 is 0 Å². The van der Waals surface area contributed by atoms with Crippen LogP contribution in [-0.2, 0) is 19.0 Å². The van der Waals surface area contributed by atoms with E-state index in [2.05, 4.69) is 6.58 Å². The third kappa shape index (κ3) is 6.03. The molecule has 0 radical (unpaired) electrons. The minimum absolute atomic E-state index is 0.0668. The van der Waals surface area contributed by atoms with Crippen molar-refractivity contribution in [2.24, 2.45) is 0 Å². The molecule has 1 aliphatic heterocycles. The zero-order valence-electron chi connectivity index (χ0n) is 14.0. The first-order chi connectivity index (χ1) is 12.2. The average molecular weight is 382 g/mol. The molecule has 1 heterocycles. The highest BCUT2D eigenvalue weighted by Crippen LogP contribution is 2.22. The molecular formula is C15H26O11. The minimum Gasteiger partial charge on any atom is -0.394 e. The molecule has 0 saturated carbocycles. The van der Waals surface area contributed by atoms with Gasteiger partial charge in [0, 0.05) is 0 Å². The van der Waals surface area contributed by atoms with Crippen molar-refractivity contribution in [3.05, 3.63) is 12.7 Å². The molecule has 1 fully saturated rings. The number of hydrogen-bond donors (Lipinski definition) is 7. The molecule has 0 aromatic carbocycles. The third-order valence-corrected chi connectivity index (χ3v) is 3.81. The molecule has 0 spiro atoms. The number of rotatable bonds is 11. The van der Waals surface area contributed by atoms with Crippen LogP contribution in [0.3, 0.4) is 0 Å². The SMILES string of the molecule is C=CCOCC(=O)[C@@H](O)[C@H](O)[C@H](O)CO[C@H]1O[C@H](CO)[C@@H](O)[C@H](O)[C@H]1O. The molecule has 11 nitrogen and oxygen atoms in total. The standard InChI is InChI=1S/C15H26O11/c1-2-3-24-5-7(17)10(19)11(20)8(18)6-25-15-14(23)13(22)12(21)9(4-16)26-15/h2,8-16,18-23H,1,3-6H2/t8-,9-,10-,11-,12-,13+,14-,15+/m1/s1. The molecule has 152 valence electrons. The van der Waals surface area contributed by atoms with Gasteiger partial charge in [-0.2, -0.15) is 0 Å². The summed E-state index contributed by atoms with van der Waals surface area (Å²) < 4.78 is 14.9. The van der Waals surface area contributed by atoms with E-state index in [4.69, 9.17) is 19.3 Å². The second-order valence-electron chi connectivity index (χ2n) is 5.80. The number of ketones is 1. The molecule has 26 heavy (non-hydrogen) atoms. The highest BCUT2D eigenvalue weighted by molar-refractivity contribution is 5.84. The molecule has 8 atom stereocenters. The van der Waals surface area contributed by atoms with Gasteiger partial charge in [0.05, 0.1) is 19.8 Å². The monoisotopic (exact) mass is 382 g/mol. The zero-order chi connectivity index (χ0) is 19.9. The van der Waals surface area contributed by atoms with Gasteiger partial charge in [0.15, 0.2) is 12.1 Å². The summed E-state index contributed by atoms with van der Waals surface area (Å²) >= 11 is 0. The second kappa shape index (κ2) is 11.0. The molecule has 0 bridgehead atoms. The Balaban J connectivity index is 2.52. The van der Waals surface area contributed by atoms with Crippen molar-refractivity contribution in [2.45, 2.75) is 49.0 Å². The zero-order valence-corrected chi connectivity index (χ0v) is 14.0. The van der Waals surface area contributed by atoms with Crippen molar-refractivity contribution in [3.63, 3.8) is 0 Å². The maximum absolute atomic E-state index is 11.6. The average Bonchev–Trinajstić information content (AvgIpc) is 2.64. The van der Waals surface area contributed by atoms with Crippen LogP contribution in [0, 0.1) is 0 Å². The molecule has 7 N–H and O–H groups in total. The van der Waals surface area contributed by atoms with Crippen LogP contribution in [0.1, 0.15) is 0 Å². The lowest BCUT2D eigenvalue weighted by atomic mass is 9.99. The van der Waals surface area contributed by atoms with Crippen LogP contribution in [-0.4, -0.2) is 117 Å². The Morgan fingerprint density at radius 1 is 1.15 bits per heavy atom. The highest BCUT2D eigenvalue weighted by Gasteiger charge is 2.44. The van der Waals surface area contributed by atoms with E-state index in [0.29, 0.717) is 0 Å². The molecule has 0 aliphatic carbocycles. The van der Waals surface area contributed by atoms with E-state index in [0.717, 1.165) is 0 Å². The lowest BCUT2D eigenvalue weighted by molar-refractivity contribution is -0.306. The first kappa shape index (κ1) is 23.0. The van der Waals surface area contributed by atoms with E-state index in [9.17, 15) is 35.4 Å². The van der Waals surface area contributed by atoms with Gasteiger partial charge in [-0.05, 0) is 0 Å². The summed E-state index contributed by atoms with van der Waals surface area (Å²) in [7, 11) is 0. The molecule has 1 rings (SSSR count). The van der Waals surface area contributed by atoms with Gasteiger partial charge in [-0.1, -0.05) is 6.08 Å². The molecule has 0 aromatic rings. The second-order valence-corrected chi connectivity index (χ2v) is 5.80. The Labute approximate surface area is 149 Å². The quantitative estimate of drug-likeness (QED) is 0.135. The van der Waals surface area contributed by atoms with Crippen LogP contribution in [0.5, 0.6) is 0 Å². The molecule has 0 aromatic heterocycles. The summed E-state index contributed by atoms with van der Waals surface area (Å²) in [5.41, 5.74) is 0. The predicted molar refractivity (Wildman–Crippen MR) is 83.8 cm³/mol. The first-order valence-corrected chi connectivity index (χ1v) is 7.92. The smallest absolute Gasteiger partial charge is 0.189 e. The summed E-state index contributed by atoms with van der Waals surface area (Å²) in [5, 5.41) is 67.4. The van der Waals surface area contributed by atoms with Crippen molar-refractivity contribution < 1.29 is 54.8 Å². The number of carbonyl (C=O) groups is 1.